The van der Waals surface area contributed by atoms with Gasteiger partial charge in [-0.1, -0.05) is 0 Å². The van der Waals surface area contributed by atoms with E-state index in [4.69, 9.17) is 14.6 Å². The summed E-state index contributed by atoms with van der Waals surface area (Å²) in [4.78, 5) is 23.3. The van der Waals surface area contributed by atoms with Crippen LogP contribution in [0.15, 0.2) is 0 Å². The van der Waals surface area contributed by atoms with Gasteiger partial charge in [-0.05, 0) is 38.5 Å². The van der Waals surface area contributed by atoms with E-state index in [9.17, 15) is 4.79 Å². The van der Waals surface area contributed by atoms with Gasteiger partial charge in [0.05, 0.1) is 29.1 Å². The van der Waals surface area contributed by atoms with Crippen molar-refractivity contribution >= 4 is 24.1 Å². The van der Waals surface area contributed by atoms with Gasteiger partial charge in [-0.25, -0.2) is 0 Å². The normalized spacial score (nSPS) is 34.0. The topological polar surface area (TPSA) is 105 Å². The molecule has 3 aliphatic heterocycles. The van der Waals surface area contributed by atoms with E-state index in [2.05, 4.69) is 19.0 Å². The summed E-state index contributed by atoms with van der Waals surface area (Å²) >= 11 is 1.10. The molecule has 1 aromatic heterocycles. The number of hydrogen-bond acceptors (Lipinski definition) is 7. The van der Waals surface area contributed by atoms with E-state index in [0.717, 1.165) is 42.9 Å². The summed E-state index contributed by atoms with van der Waals surface area (Å²) in [6, 6.07) is 0. The quantitative estimate of drug-likeness (QED) is 0.722. The zero-order chi connectivity index (χ0) is 19.0. The maximum Gasteiger partial charge on any atom is 0.290 e. The summed E-state index contributed by atoms with van der Waals surface area (Å²) in [5.74, 6) is 1.85. The second kappa shape index (κ2) is 7.44. The van der Waals surface area contributed by atoms with E-state index in [1.807, 2.05) is 6.92 Å². The molecule has 1 aliphatic carbocycles. The highest BCUT2D eigenvalue weighted by atomic mass is 32.1. The van der Waals surface area contributed by atoms with Gasteiger partial charge in [0.25, 0.3) is 12.4 Å². The number of carbonyl (C=O) groups excluding carboxylic acids is 1. The van der Waals surface area contributed by atoms with E-state index >= 15 is 0 Å². The minimum absolute atomic E-state index is 0.0764. The Morgan fingerprint density at radius 3 is 2.89 bits per heavy atom. The van der Waals surface area contributed by atoms with Crippen LogP contribution in [0, 0.1) is 24.7 Å². The van der Waals surface area contributed by atoms with Crippen molar-refractivity contribution < 1.29 is 19.4 Å². The van der Waals surface area contributed by atoms with Crippen LogP contribution in [-0.2, 0) is 9.53 Å². The molecule has 4 atom stereocenters. The number of ether oxygens (including phenoxy) is 1. The van der Waals surface area contributed by atoms with Gasteiger partial charge in [-0.3, -0.25) is 14.5 Å². The Morgan fingerprint density at radius 2 is 2.22 bits per heavy atom. The van der Waals surface area contributed by atoms with E-state index in [0.29, 0.717) is 30.2 Å². The van der Waals surface area contributed by atoms with Gasteiger partial charge in [0.2, 0.25) is 0 Å². The second-order valence-corrected chi connectivity index (χ2v) is 8.71. The first-order valence-electron chi connectivity index (χ1n) is 9.61. The Labute approximate surface area is 162 Å². The Kier molecular flexibility index (Phi) is 5.17. The van der Waals surface area contributed by atoms with Crippen LogP contribution in [0.3, 0.4) is 0 Å². The van der Waals surface area contributed by atoms with Gasteiger partial charge in [0.15, 0.2) is 5.69 Å². The lowest BCUT2D eigenvalue weighted by molar-refractivity contribution is -0.122. The number of fused-ring (bicyclic) bond motifs is 1. The first-order chi connectivity index (χ1) is 13.1. The molecule has 4 fully saturated rings. The van der Waals surface area contributed by atoms with Gasteiger partial charge in [0, 0.05) is 38.0 Å². The number of aryl methyl sites for hydroxylation is 1. The molecule has 1 spiro atoms. The molecule has 5 rings (SSSR count). The SMILES string of the molecule is Cc1nsnc1C(=O)NC[C@H]1[C@H]2CN(CC3CC3)C[C@]23CC[C@H]1O3.O=CO. The monoisotopic (exact) mass is 394 g/mol. The highest BCUT2D eigenvalue weighted by Crippen LogP contribution is 2.55. The molecule has 27 heavy (non-hydrogen) atoms. The standard InChI is InChI=1S/C17H24N4O2S.CH2O2/c1-10-15(20-24-19-10)16(22)18-6-12-13-8-21(7-11-2-3-11)9-17(13)5-4-14(12)23-17;2-1-3/h11-14H,2-9H2,1H3,(H,18,22);1H,(H,2,3)/t12-,13+,14+,17+;/m0./s1. The molecule has 9 heteroatoms. The van der Waals surface area contributed by atoms with Crippen molar-refractivity contribution in [1.82, 2.24) is 19.0 Å². The third-order valence-corrected chi connectivity index (χ3v) is 7.05. The molecule has 0 unspecified atom stereocenters. The lowest BCUT2D eigenvalue weighted by Crippen LogP contribution is -2.42. The van der Waals surface area contributed by atoms with Crippen LogP contribution in [0.25, 0.3) is 0 Å². The molecule has 0 aromatic carbocycles. The minimum atomic E-state index is -0.250. The maximum absolute atomic E-state index is 12.3. The van der Waals surface area contributed by atoms with Gasteiger partial charge < -0.3 is 15.2 Å². The van der Waals surface area contributed by atoms with Crippen LogP contribution < -0.4 is 5.32 Å². The molecule has 1 aromatic rings. The van der Waals surface area contributed by atoms with Crippen molar-refractivity contribution in [2.45, 2.75) is 44.3 Å². The van der Waals surface area contributed by atoms with Crippen LogP contribution in [0.1, 0.15) is 41.9 Å². The maximum atomic E-state index is 12.3. The van der Waals surface area contributed by atoms with Crippen molar-refractivity contribution in [2.75, 3.05) is 26.2 Å². The number of aromatic nitrogens is 2. The number of hydrogen-bond donors (Lipinski definition) is 2. The smallest absolute Gasteiger partial charge is 0.290 e. The number of nitrogens with one attached hydrogen (secondary N) is 1. The van der Waals surface area contributed by atoms with Gasteiger partial charge >= 0.3 is 0 Å². The fraction of sp³-hybridized carbons (Fsp3) is 0.778. The van der Waals surface area contributed by atoms with Crippen molar-refractivity contribution in [2.24, 2.45) is 17.8 Å². The highest BCUT2D eigenvalue weighted by Gasteiger charge is 2.62. The molecule has 2 N–H and O–H groups in total. The van der Waals surface area contributed by atoms with Crippen LogP contribution in [-0.4, -0.2) is 69.0 Å². The predicted octanol–water partition coefficient (Wildman–Crippen LogP) is 1.17. The largest absolute Gasteiger partial charge is 0.483 e. The number of nitrogens with zero attached hydrogens (tertiary/aromatic N) is 3. The van der Waals surface area contributed by atoms with Gasteiger partial charge in [-0.2, -0.15) is 8.75 Å². The summed E-state index contributed by atoms with van der Waals surface area (Å²) < 4.78 is 14.7. The third-order valence-electron chi connectivity index (χ3n) is 6.43. The Hall–Kier alpha value is -1.58. The van der Waals surface area contributed by atoms with Gasteiger partial charge in [-0.15, -0.1) is 0 Å². The second-order valence-electron chi connectivity index (χ2n) is 8.18. The number of carboxylic acid groups (broad SMARTS) is 1. The van der Waals surface area contributed by atoms with E-state index in [1.54, 1.807) is 0 Å². The average Bonchev–Trinajstić information content (AvgIpc) is 2.97. The lowest BCUT2D eigenvalue weighted by Gasteiger charge is -2.29. The summed E-state index contributed by atoms with van der Waals surface area (Å²) in [5, 5.41) is 9.99. The van der Waals surface area contributed by atoms with Gasteiger partial charge in [0.1, 0.15) is 0 Å². The number of rotatable bonds is 5. The lowest BCUT2D eigenvalue weighted by atomic mass is 9.73. The first kappa shape index (κ1) is 18.8. The number of likely N-dealkylation sites (tertiary alicyclic amines) is 1. The van der Waals surface area contributed by atoms with E-state index < -0.39 is 0 Å². The first-order valence-corrected chi connectivity index (χ1v) is 10.3. The zero-order valence-electron chi connectivity index (χ0n) is 15.5. The fourth-order valence-electron chi connectivity index (χ4n) is 5.10. The number of carbonyl (C=O) groups is 2. The van der Waals surface area contributed by atoms with Crippen LogP contribution in [0.4, 0.5) is 0 Å². The predicted molar refractivity (Wildman–Crippen MR) is 98.7 cm³/mol. The van der Waals surface area contributed by atoms with Crippen LogP contribution in [0.2, 0.25) is 0 Å². The molecule has 148 valence electrons. The molecular formula is C18H26N4O4S. The fourth-order valence-corrected chi connectivity index (χ4v) is 5.64. The highest BCUT2D eigenvalue weighted by molar-refractivity contribution is 6.99. The molecular weight excluding hydrogens is 368 g/mol. The van der Waals surface area contributed by atoms with Crippen molar-refractivity contribution in [1.29, 1.82) is 0 Å². The molecule has 8 nitrogen and oxygen atoms in total. The number of amides is 1. The molecule has 4 aliphatic rings. The van der Waals surface area contributed by atoms with E-state index in [1.165, 1.54) is 25.8 Å². The molecule has 0 radical (unpaired) electrons. The van der Waals surface area contributed by atoms with Crippen molar-refractivity contribution in [3.63, 3.8) is 0 Å². The van der Waals surface area contributed by atoms with Crippen molar-refractivity contribution in [3.05, 3.63) is 11.4 Å². The average molecular weight is 394 g/mol. The zero-order valence-corrected chi connectivity index (χ0v) is 16.3. The Balaban J connectivity index is 0.000000565. The summed E-state index contributed by atoms with van der Waals surface area (Å²) in [6.45, 7) is 5.77. The molecule has 4 heterocycles. The minimum Gasteiger partial charge on any atom is -0.483 e. The van der Waals surface area contributed by atoms with Crippen LogP contribution in [0.5, 0.6) is 0 Å². The van der Waals surface area contributed by atoms with Crippen molar-refractivity contribution in [3.8, 4) is 0 Å². The molecule has 1 saturated carbocycles. The molecule has 3 saturated heterocycles. The van der Waals surface area contributed by atoms with E-state index in [-0.39, 0.29) is 18.0 Å². The summed E-state index contributed by atoms with van der Waals surface area (Å²) in [5.41, 5.74) is 1.27. The molecule has 1 amide bonds. The molecule has 2 bridgehead atoms. The summed E-state index contributed by atoms with van der Waals surface area (Å²) in [6.07, 6.45) is 5.47. The Morgan fingerprint density at radius 1 is 1.44 bits per heavy atom. The third kappa shape index (κ3) is 3.60. The Bertz CT molecular complexity index is 709. The summed E-state index contributed by atoms with van der Waals surface area (Å²) in [7, 11) is 0. The van der Waals surface area contributed by atoms with Crippen LogP contribution >= 0.6 is 11.7 Å².